The van der Waals surface area contributed by atoms with Crippen LogP contribution in [0, 0.1) is 0 Å². The maximum atomic E-state index is 6.23. The number of furan rings is 1. The minimum Gasteiger partial charge on any atom is -0.454 e. The lowest BCUT2D eigenvalue weighted by atomic mass is 9.82. The maximum Gasteiger partial charge on any atom is 0.153 e. The van der Waals surface area contributed by atoms with Crippen molar-refractivity contribution in [1.82, 2.24) is 9.97 Å². The molecule has 6 rings (SSSR count). The lowest BCUT2D eigenvalue weighted by Gasteiger charge is -2.22. The van der Waals surface area contributed by atoms with Crippen LogP contribution in [0.1, 0.15) is 26.3 Å². The summed E-state index contributed by atoms with van der Waals surface area (Å²) in [4.78, 5) is 9.56. The van der Waals surface area contributed by atoms with Gasteiger partial charge in [-0.25, -0.2) is 4.98 Å². The second kappa shape index (κ2) is 7.01. The molecule has 0 unspecified atom stereocenters. The van der Waals surface area contributed by atoms with E-state index in [1.807, 2.05) is 24.4 Å². The third-order valence-corrected chi connectivity index (χ3v) is 6.82. The maximum absolute atomic E-state index is 6.23. The van der Waals surface area contributed by atoms with Crippen LogP contribution in [0.4, 0.5) is 0 Å². The average Bonchev–Trinajstić information content (AvgIpc) is 3.43. The standard InChI is InChI=1S/C28H22N2OS/c1-28(2,3)21-15-18(14-17-6-4-5-7-19(17)21)27-20-16-25(31-24(20)10-12-29-27)22-8-9-26-23(30-22)11-13-32-26/h4-16H,1-3H3. The molecule has 4 aromatic heterocycles. The second-order valence-electron chi connectivity index (χ2n) is 9.18. The van der Waals surface area contributed by atoms with Gasteiger partial charge in [0.25, 0.3) is 0 Å². The first-order chi connectivity index (χ1) is 15.5. The number of pyridine rings is 2. The van der Waals surface area contributed by atoms with E-state index in [0.717, 1.165) is 39.2 Å². The smallest absolute Gasteiger partial charge is 0.153 e. The number of fused-ring (bicyclic) bond motifs is 3. The lowest BCUT2D eigenvalue weighted by Crippen LogP contribution is -2.12. The number of benzene rings is 2. The van der Waals surface area contributed by atoms with Gasteiger partial charge < -0.3 is 4.42 Å². The topological polar surface area (TPSA) is 38.9 Å². The fourth-order valence-corrected chi connectivity index (χ4v) is 5.10. The number of nitrogens with zero attached hydrogens (tertiary/aromatic N) is 2. The van der Waals surface area contributed by atoms with Crippen molar-refractivity contribution in [2.75, 3.05) is 0 Å². The minimum atomic E-state index is 0.0188. The van der Waals surface area contributed by atoms with Crippen molar-refractivity contribution in [3.8, 4) is 22.7 Å². The van der Waals surface area contributed by atoms with Crippen molar-refractivity contribution in [1.29, 1.82) is 0 Å². The van der Waals surface area contributed by atoms with Gasteiger partial charge in [0.05, 0.1) is 15.9 Å². The van der Waals surface area contributed by atoms with Crippen LogP contribution in [0.5, 0.6) is 0 Å². The van der Waals surface area contributed by atoms with Gasteiger partial charge in [0, 0.05) is 17.1 Å². The Bertz CT molecular complexity index is 1620. The van der Waals surface area contributed by atoms with Gasteiger partial charge in [0.1, 0.15) is 11.3 Å². The Labute approximate surface area is 190 Å². The van der Waals surface area contributed by atoms with Gasteiger partial charge in [-0.15, -0.1) is 11.3 Å². The van der Waals surface area contributed by atoms with Crippen molar-refractivity contribution in [3.63, 3.8) is 0 Å². The van der Waals surface area contributed by atoms with Gasteiger partial charge >= 0.3 is 0 Å². The van der Waals surface area contributed by atoms with Gasteiger partial charge in [-0.3, -0.25) is 4.98 Å². The van der Waals surface area contributed by atoms with E-state index in [4.69, 9.17) is 14.4 Å². The highest BCUT2D eigenvalue weighted by atomic mass is 32.1. The molecule has 0 aliphatic rings. The van der Waals surface area contributed by atoms with Gasteiger partial charge in [-0.2, -0.15) is 0 Å². The SMILES string of the molecule is CC(C)(C)c1cc(-c2nccc3oc(-c4ccc5sccc5n4)cc23)cc2ccccc12. The highest BCUT2D eigenvalue weighted by molar-refractivity contribution is 7.17. The molecule has 0 bridgehead atoms. The Kier molecular flexibility index (Phi) is 4.21. The molecule has 0 fully saturated rings. The molecule has 4 heterocycles. The summed E-state index contributed by atoms with van der Waals surface area (Å²) in [6, 6.07) is 23.3. The normalized spacial score (nSPS) is 12.2. The summed E-state index contributed by atoms with van der Waals surface area (Å²) in [5.41, 5.74) is 6.03. The molecule has 0 saturated carbocycles. The van der Waals surface area contributed by atoms with Crippen molar-refractivity contribution in [2.24, 2.45) is 0 Å². The van der Waals surface area contributed by atoms with Crippen LogP contribution < -0.4 is 0 Å². The first-order valence-corrected chi connectivity index (χ1v) is 11.6. The summed E-state index contributed by atoms with van der Waals surface area (Å²) < 4.78 is 7.41. The van der Waals surface area contributed by atoms with Crippen LogP contribution in [0.3, 0.4) is 0 Å². The Morgan fingerprint density at radius 2 is 1.75 bits per heavy atom. The number of hydrogen-bond acceptors (Lipinski definition) is 4. The van der Waals surface area contributed by atoms with E-state index in [0.29, 0.717) is 0 Å². The molecule has 0 spiro atoms. The highest BCUT2D eigenvalue weighted by Crippen LogP contribution is 2.38. The van der Waals surface area contributed by atoms with E-state index in [9.17, 15) is 0 Å². The Hall–Kier alpha value is -3.50. The molecular weight excluding hydrogens is 412 g/mol. The molecule has 6 aromatic rings. The predicted molar refractivity (Wildman–Crippen MR) is 134 cm³/mol. The second-order valence-corrected chi connectivity index (χ2v) is 10.1. The first-order valence-electron chi connectivity index (χ1n) is 10.7. The van der Waals surface area contributed by atoms with Crippen molar-refractivity contribution < 1.29 is 4.42 Å². The number of rotatable bonds is 2. The number of thiophene rings is 1. The highest BCUT2D eigenvalue weighted by Gasteiger charge is 2.20. The van der Waals surface area contributed by atoms with Crippen LogP contribution in [0.2, 0.25) is 0 Å². The molecule has 3 nitrogen and oxygen atoms in total. The zero-order valence-corrected chi connectivity index (χ0v) is 19.0. The van der Waals surface area contributed by atoms with E-state index < -0.39 is 0 Å². The summed E-state index contributed by atoms with van der Waals surface area (Å²) in [6.45, 7) is 6.78. The summed E-state index contributed by atoms with van der Waals surface area (Å²) in [5.74, 6) is 0.763. The third-order valence-electron chi connectivity index (χ3n) is 5.95. The van der Waals surface area contributed by atoms with Crippen LogP contribution in [-0.2, 0) is 5.41 Å². The van der Waals surface area contributed by atoms with Crippen LogP contribution in [-0.4, -0.2) is 9.97 Å². The van der Waals surface area contributed by atoms with E-state index in [1.54, 1.807) is 11.3 Å². The monoisotopic (exact) mass is 434 g/mol. The molecule has 0 aliphatic carbocycles. The molecule has 0 aliphatic heterocycles. The van der Waals surface area contributed by atoms with Crippen molar-refractivity contribution in [3.05, 3.63) is 83.9 Å². The fraction of sp³-hybridized carbons (Fsp3) is 0.143. The Morgan fingerprint density at radius 3 is 2.62 bits per heavy atom. The summed E-state index contributed by atoms with van der Waals surface area (Å²) >= 11 is 1.70. The third kappa shape index (κ3) is 3.10. The lowest BCUT2D eigenvalue weighted by molar-refractivity contribution is 0.596. The molecule has 0 atom stereocenters. The van der Waals surface area contributed by atoms with Gasteiger partial charge in [-0.05, 0) is 69.6 Å². The quantitative estimate of drug-likeness (QED) is 0.275. The predicted octanol–water partition coefficient (Wildman–Crippen LogP) is 8.22. The number of hydrogen-bond donors (Lipinski definition) is 0. The van der Waals surface area contributed by atoms with Crippen molar-refractivity contribution >= 4 is 43.3 Å². The van der Waals surface area contributed by atoms with Crippen LogP contribution in [0.25, 0.3) is 54.7 Å². The molecule has 2 aromatic carbocycles. The van der Waals surface area contributed by atoms with Crippen LogP contribution >= 0.6 is 11.3 Å². The summed E-state index contributed by atoms with van der Waals surface area (Å²) in [6.07, 6.45) is 1.83. The number of aromatic nitrogens is 2. The van der Waals surface area contributed by atoms with E-state index >= 15 is 0 Å². The van der Waals surface area contributed by atoms with E-state index in [2.05, 4.69) is 74.7 Å². The Morgan fingerprint density at radius 1 is 0.875 bits per heavy atom. The van der Waals surface area contributed by atoms with E-state index in [-0.39, 0.29) is 5.41 Å². The molecule has 32 heavy (non-hydrogen) atoms. The van der Waals surface area contributed by atoms with E-state index in [1.165, 1.54) is 21.0 Å². The minimum absolute atomic E-state index is 0.0188. The molecule has 0 amide bonds. The summed E-state index contributed by atoms with van der Waals surface area (Å²) in [7, 11) is 0. The summed E-state index contributed by atoms with van der Waals surface area (Å²) in [5, 5.41) is 5.58. The van der Waals surface area contributed by atoms with Gasteiger partial charge in [0.15, 0.2) is 5.76 Å². The molecule has 0 radical (unpaired) electrons. The zero-order chi connectivity index (χ0) is 21.9. The largest absolute Gasteiger partial charge is 0.454 e. The Balaban J connectivity index is 1.56. The molecule has 0 N–H and O–H groups in total. The average molecular weight is 435 g/mol. The molecule has 4 heteroatoms. The van der Waals surface area contributed by atoms with Crippen molar-refractivity contribution in [2.45, 2.75) is 26.2 Å². The zero-order valence-electron chi connectivity index (χ0n) is 18.2. The first kappa shape index (κ1) is 19.2. The molecule has 0 saturated heterocycles. The fourth-order valence-electron chi connectivity index (χ4n) is 4.38. The molecule has 156 valence electrons. The van der Waals surface area contributed by atoms with Crippen LogP contribution in [0.15, 0.2) is 82.7 Å². The van der Waals surface area contributed by atoms with Gasteiger partial charge in [-0.1, -0.05) is 45.0 Å². The molecular formula is C28H22N2OS. The van der Waals surface area contributed by atoms with Gasteiger partial charge in [0.2, 0.25) is 0 Å².